The lowest BCUT2D eigenvalue weighted by Crippen LogP contribution is -2.26. The maximum atomic E-state index is 8.61. The average molecular weight is 237 g/mol. The van der Waals surface area contributed by atoms with E-state index in [1.165, 1.54) is 12.8 Å². The Morgan fingerprint density at radius 3 is 2.94 bits per heavy atom. The number of nitrogens with one attached hydrogen (secondary N) is 1. The molecule has 1 aliphatic carbocycles. The van der Waals surface area contributed by atoms with Crippen molar-refractivity contribution in [1.82, 2.24) is 15.1 Å². The zero-order valence-electron chi connectivity index (χ0n) is 9.31. The highest BCUT2D eigenvalue weighted by molar-refractivity contribution is 7.15. The van der Waals surface area contributed by atoms with Crippen LogP contribution >= 0.6 is 11.3 Å². The Balaban J connectivity index is 1.91. The minimum absolute atomic E-state index is 0.591. The molecule has 0 atom stereocenters. The van der Waals surface area contributed by atoms with Crippen LogP contribution in [0.2, 0.25) is 0 Å². The summed E-state index contributed by atoms with van der Waals surface area (Å²) in [6.07, 6.45) is 3.10. The summed E-state index contributed by atoms with van der Waals surface area (Å²) in [4.78, 5) is 2.34. The number of nitrogens with zero attached hydrogens (tertiary/aromatic N) is 4. The molecule has 1 saturated carbocycles. The molecule has 0 radical (unpaired) electrons. The second-order valence-electron chi connectivity index (χ2n) is 3.86. The van der Waals surface area contributed by atoms with Gasteiger partial charge in [-0.05, 0) is 12.8 Å². The number of rotatable bonds is 6. The average Bonchev–Trinajstić information content (AvgIpc) is 3.05. The Morgan fingerprint density at radius 1 is 1.56 bits per heavy atom. The van der Waals surface area contributed by atoms with Gasteiger partial charge in [0.25, 0.3) is 0 Å². The Kier molecular flexibility index (Phi) is 3.70. The highest BCUT2D eigenvalue weighted by atomic mass is 32.1. The maximum absolute atomic E-state index is 8.61. The van der Waals surface area contributed by atoms with Crippen molar-refractivity contribution in [2.45, 2.75) is 31.8 Å². The van der Waals surface area contributed by atoms with E-state index < -0.39 is 0 Å². The summed E-state index contributed by atoms with van der Waals surface area (Å²) < 4.78 is 0. The Morgan fingerprint density at radius 2 is 2.38 bits per heavy atom. The zero-order valence-corrected chi connectivity index (χ0v) is 10.1. The van der Waals surface area contributed by atoms with E-state index in [0.29, 0.717) is 12.5 Å². The second kappa shape index (κ2) is 5.23. The van der Waals surface area contributed by atoms with Gasteiger partial charge in [0.2, 0.25) is 5.13 Å². The summed E-state index contributed by atoms with van der Waals surface area (Å²) in [7, 11) is 1.85. The van der Waals surface area contributed by atoms with Crippen molar-refractivity contribution in [1.29, 1.82) is 5.26 Å². The third-order valence-corrected chi connectivity index (χ3v) is 3.52. The summed E-state index contributed by atoms with van der Waals surface area (Å²) >= 11 is 1.58. The minimum Gasteiger partial charge on any atom is -0.363 e. The van der Waals surface area contributed by atoms with Gasteiger partial charge >= 0.3 is 0 Å². The van der Waals surface area contributed by atoms with Crippen LogP contribution in [0.5, 0.6) is 0 Å². The van der Waals surface area contributed by atoms with E-state index in [-0.39, 0.29) is 0 Å². The van der Waals surface area contributed by atoms with Crippen LogP contribution in [0.3, 0.4) is 0 Å². The molecule has 1 fully saturated rings. The second-order valence-corrected chi connectivity index (χ2v) is 4.92. The molecule has 1 heterocycles. The fraction of sp³-hybridized carbons (Fsp3) is 0.700. The third kappa shape index (κ3) is 2.90. The van der Waals surface area contributed by atoms with Gasteiger partial charge in [0, 0.05) is 26.1 Å². The summed E-state index contributed by atoms with van der Waals surface area (Å²) in [6, 6.07) is 2.86. The third-order valence-electron chi connectivity index (χ3n) is 2.59. The van der Waals surface area contributed by atoms with Crippen LogP contribution < -0.4 is 5.32 Å². The van der Waals surface area contributed by atoms with E-state index in [2.05, 4.69) is 26.5 Å². The molecular weight excluding hydrogens is 222 g/mol. The molecule has 0 aromatic carbocycles. The Bertz CT molecular complexity index is 379. The fourth-order valence-electron chi connectivity index (χ4n) is 1.62. The van der Waals surface area contributed by atoms with Gasteiger partial charge in [-0.15, -0.1) is 10.2 Å². The van der Waals surface area contributed by atoms with Gasteiger partial charge < -0.3 is 5.32 Å². The van der Waals surface area contributed by atoms with Gasteiger partial charge in [0.1, 0.15) is 5.01 Å². The number of hydrogen-bond acceptors (Lipinski definition) is 6. The van der Waals surface area contributed by atoms with Crippen LogP contribution in [0.4, 0.5) is 5.13 Å². The topological polar surface area (TPSA) is 64.8 Å². The maximum Gasteiger partial charge on any atom is 0.205 e. The Hall–Kier alpha value is -1.19. The van der Waals surface area contributed by atoms with Crippen molar-refractivity contribution in [3.63, 3.8) is 0 Å². The molecule has 16 heavy (non-hydrogen) atoms. The first-order chi connectivity index (χ1) is 7.83. The molecule has 0 spiro atoms. The summed E-state index contributed by atoms with van der Waals surface area (Å²) in [5.41, 5.74) is 0. The number of nitriles is 1. The van der Waals surface area contributed by atoms with Gasteiger partial charge in [-0.3, -0.25) is 4.90 Å². The largest absolute Gasteiger partial charge is 0.363 e. The molecule has 1 aromatic heterocycles. The van der Waals surface area contributed by atoms with Crippen LogP contribution in [0.15, 0.2) is 0 Å². The normalized spacial score (nSPS) is 15.1. The number of hydrogen-bond donors (Lipinski definition) is 1. The van der Waals surface area contributed by atoms with Gasteiger partial charge in [-0.2, -0.15) is 5.26 Å². The van der Waals surface area contributed by atoms with Crippen molar-refractivity contribution in [3.05, 3.63) is 5.01 Å². The predicted octanol–water partition coefficient (Wildman–Crippen LogP) is 1.46. The lowest BCUT2D eigenvalue weighted by Gasteiger charge is -2.18. The van der Waals surface area contributed by atoms with E-state index in [0.717, 1.165) is 23.2 Å². The first kappa shape index (κ1) is 11.3. The van der Waals surface area contributed by atoms with E-state index in [1.54, 1.807) is 11.3 Å². The highest BCUT2D eigenvalue weighted by Gasteiger charge is 2.29. The molecule has 1 N–H and O–H groups in total. The van der Waals surface area contributed by atoms with Crippen LogP contribution in [-0.4, -0.2) is 34.7 Å². The quantitative estimate of drug-likeness (QED) is 0.811. The number of anilines is 1. The summed E-state index contributed by atoms with van der Waals surface area (Å²) in [6.45, 7) is 1.67. The lowest BCUT2D eigenvalue weighted by atomic mass is 10.4. The lowest BCUT2D eigenvalue weighted by molar-refractivity contribution is 0.260. The first-order valence-corrected chi connectivity index (χ1v) is 6.26. The molecule has 0 bridgehead atoms. The van der Waals surface area contributed by atoms with E-state index in [9.17, 15) is 0 Å². The molecular formula is C10H15N5S. The zero-order chi connectivity index (χ0) is 11.4. The molecule has 0 amide bonds. The van der Waals surface area contributed by atoms with E-state index in [4.69, 9.17) is 5.26 Å². The molecule has 0 saturated heterocycles. The van der Waals surface area contributed by atoms with Gasteiger partial charge in [0.05, 0.1) is 12.6 Å². The molecule has 0 unspecified atom stereocenters. The van der Waals surface area contributed by atoms with Crippen LogP contribution in [0.1, 0.15) is 24.3 Å². The summed E-state index contributed by atoms with van der Waals surface area (Å²) in [5.74, 6) is 0. The fourth-order valence-corrected chi connectivity index (χ4v) is 2.34. The van der Waals surface area contributed by atoms with Crippen molar-refractivity contribution in [2.24, 2.45) is 0 Å². The molecule has 5 nitrogen and oxygen atoms in total. The first-order valence-electron chi connectivity index (χ1n) is 5.44. The van der Waals surface area contributed by atoms with E-state index >= 15 is 0 Å². The smallest absolute Gasteiger partial charge is 0.205 e. The van der Waals surface area contributed by atoms with Crippen molar-refractivity contribution >= 4 is 16.5 Å². The highest BCUT2D eigenvalue weighted by Crippen LogP contribution is 2.29. The molecule has 6 heteroatoms. The van der Waals surface area contributed by atoms with E-state index in [1.807, 2.05) is 7.05 Å². The standard InChI is InChI=1S/C10H15N5S/c1-12-10-14-13-9(16-10)7-15(6-2-5-11)8-3-4-8/h8H,2-4,6-7H2,1H3,(H,12,14). The molecule has 2 rings (SSSR count). The van der Waals surface area contributed by atoms with Gasteiger partial charge in [0.15, 0.2) is 0 Å². The monoisotopic (exact) mass is 237 g/mol. The van der Waals surface area contributed by atoms with Crippen molar-refractivity contribution < 1.29 is 0 Å². The number of aromatic nitrogens is 2. The van der Waals surface area contributed by atoms with Crippen LogP contribution in [-0.2, 0) is 6.54 Å². The summed E-state index contributed by atoms with van der Waals surface area (Å²) in [5, 5.41) is 21.6. The molecule has 0 aliphatic heterocycles. The van der Waals surface area contributed by atoms with Crippen LogP contribution in [0.25, 0.3) is 0 Å². The van der Waals surface area contributed by atoms with Gasteiger partial charge in [-0.25, -0.2) is 0 Å². The molecule has 86 valence electrons. The van der Waals surface area contributed by atoms with Gasteiger partial charge in [-0.1, -0.05) is 11.3 Å². The SMILES string of the molecule is CNc1nnc(CN(CCC#N)C2CC2)s1. The predicted molar refractivity (Wildman–Crippen MR) is 63.1 cm³/mol. The van der Waals surface area contributed by atoms with Crippen molar-refractivity contribution in [2.75, 3.05) is 18.9 Å². The minimum atomic E-state index is 0.591. The molecule has 1 aliphatic rings. The Labute approximate surface area is 99.1 Å². The van der Waals surface area contributed by atoms with Crippen molar-refractivity contribution in [3.8, 4) is 6.07 Å². The van der Waals surface area contributed by atoms with Crippen LogP contribution in [0, 0.1) is 11.3 Å². The molecule has 1 aromatic rings.